The van der Waals surface area contributed by atoms with E-state index in [1.807, 2.05) is 0 Å². The summed E-state index contributed by atoms with van der Waals surface area (Å²) in [6.45, 7) is 4.62. The van der Waals surface area contributed by atoms with Crippen LogP contribution in [0.4, 0.5) is 0 Å². The number of rotatable bonds is 20. The monoisotopic (exact) mass is 594 g/mol. The Kier molecular flexibility index (Phi) is 19.3. The van der Waals surface area contributed by atoms with Crippen molar-refractivity contribution in [2.24, 2.45) is 0 Å². The number of benzene rings is 2. The summed E-state index contributed by atoms with van der Waals surface area (Å²) in [5.41, 5.74) is 0. The summed E-state index contributed by atoms with van der Waals surface area (Å²) in [4.78, 5) is 0. The quantitative estimate of drug-likeness (QED) is 0.0886. The van der Waals surface area contributed by atoms with Crippen LogP contribution in [0.2, 0.25) is 0 Å². The molecule has 0 N–H and O–H groups in total. The number of unbranched alkanes of at least 4 members (excludes halogenated alkanes) is 14. The van der Waals surface area contributed by atoms with Crippen molar-refractivity contribution in [2.45, 2.75) is 117 Å². The van der Waals surface area contributed by atoms with E-state index in [1.165, 1.54) is 115 Å². The molecular formula is C32H52IP. The molecule has 0 aliphatic heterocycles. The van der Waals surface area contributed by atoms with E-state index in [-0.39, 0.29) is 24.0 Å². The van der Waals surface area contributed by atoms with Gasteiger partial charge in [-0.25, -0.2) is 0 Å². The second-order valence-electron chi connectivity index (χ2n) is 10.0. The average molecular weight is 595 g/mol. The van der Waals surface area contributed by atoms with Crippen LogP contribution >= 0.6 is 7.26 Å². The molecule has 0 fully saturated rings. The fourth-order valence-electron chi connectivity index (χ4n) is 5.24. The molecule has 0 bridgehead atoms. The van der Waals surface area contributed by atoms with Crippen LogP contribution in [0, 0.1) is 0 Å². The van der Waals surface area contributed by atoms with Gasteiger partial charge in [0.05, 0.1) is 30.2 Å². The van der Waals surface area contributed by atoms with E-state index in [0.717, 1.165) is 0 Å². The molecule has 192 valence electrons. The van der Waals surface area contributed by atoms with E-state index in [1.54, 1.807) is 10.6 Å². The largest absolute Gasteiger partial charge is 1.00 e. The summed E-state index contributed by atoms with van der Waals surface area (Å²) in [6.07, 6.45) is 25.3. The Bertz CT molecular complexity index is 623. The summed E-state index contributed by atoms with van der Waals surface area (Å²) in [7, 11) is -1.33. The Balaban J connectivity index is 0.00000578. The van der Waals surface area contributed by atoms with Gasteiger partial charge in [-0.3, -0.25) is 0 Å². The van der Waals surface area contributed by atoms with Gasteiger partial charge in [-0.1, -0.05) is 127 Å². The van der Waals surface area contributed by atoms with Crippen LogP contribution in [0.15, 0.2) is 60.7 Å². The first-order valence-electron chi connectivity index (χ1n) is 14.3. The zero-order valence-corrected chi connectivity index (χ0v) is 25.4. The molecule has 34 heavy (non-hydrogen) atoms. The molecule has 0 radical (unpaired) electrons. The van der Waals surface area contributed by atoms with Crippen LogP contribution in [0.25, 0.3) is 0 Å². The van der Waals surface area contributed by atoms with E-state index in [9.17, 15) is 0 Å². The summed E-state index contributed by atoms with van der Waals surface area (Å²) < 4.78 is 0. The molecule has 2 heteroatoms. The molecule has 0 saturated heterocycles. The highest BCUT2D eigenvalue weighted by Crippen LogP contribution is 2.57. The fraction of sp³-hybridized carbons (Fsp3) is 0.625. The zero-order valence-electron chi connectivity index (χ0n) is 22.3. The van der Waals surface area contributed by atoms with Gasteiger partial charge in [0.25, 0.3) is 0 Å². The Morgan fingerprint density at radius 2 is 0.706 bits per heavy atom. The highest BCUT2D eigenvalue weighted by Gasteiger charge is 2.41. The van der Waals surface area contributed by atoms with Crippen molar-refractivity contribution >= 4 is 17.9 Å². The molecule has 2 aromatic carbocycles. The Morgan fingerprint density at radius 1 is 0.412 bits per heavy atom. The van der Waals surface area contributed by atoms with Gasteiger partial charge < -0.3 is 24.0 Å². The summed E-state index contributed by atoms with van der Waals surface area (Å²) in [6, 6.07) is 23.2. The minimum atomic E-state index is -1.33. The smallest absolute Gasteiger partial charge is 0.0991 e. The van der Waals surface area contributed by atoms with Gasteiger partial charge in [0.2, 0.25) is 0 Å². The molecule has 0 aromatic heterocycles. The van der Waals surface area contributed by atoms with Crippen LogP contribution in [0.5, 0.6) is 0 Å². The van der Waals surface area contributed by atoms with Gasteiger partial charge in [-0.15, -0.1) is 0 Å². The molecule has 0 atom stereocenters. The molecule has 0 spiro atoms. The molecule has 0 aliphatic rings. The summed E-state index contributed by atoms with van der Waals surface area (Å²) in [5, 5.41) is 3.28. The predicted molar refractivity (Wildman–Crippen MR) is 154 cm³/mol. The maximum absolute atomic E-state index is 2.44. The van der Waals surface area contributed by atoms with Crippen LogP contribution in [-0.2, 0) is 0 Å². The molecule has 2 rings (SSSR count). The van der Waals surface area contributed by atoms with Crippen molar-refractivity contribution in [1.29, 1.82) is 0 Å². The normalized spacial score (nSPS) is 11.4. The van der Waals surface area contributed by atoms with Gasteiger partial charge in [0.15, 0.2) is 0 Å². The van der Waals surface area contributed by atoms with Gasteiger partial charge >= 0.3 is 0 Å². The third kappa shape index (κ3) is 12.0. The molecule has 0 heterocycles. The highest BCUT2D eigenvalue weighted by atomic mass is 127. The third-order valence-electron chi connectivity index (χ3n) is 7.29. The number of hydrogen-bond donors (Lipinski definition) is 0. The van der Waals surface area contributed by atoms with E-state index in [2.05, 4.69) is 74.5 Å². The van der Waals surface area contributed by atoms with Crippen molar-refractivity contribution in [1.82, 2.24) is 0 Å². The molecular weight excluding hydrogens is 542 g/mol. The minimum absolute atomic E-state index is 0. The van der Waals surface area contributed by atoms with Crippen molar-refractivity contribution in [2.75, 3.05) is 12.3 Å². The van der Waals surface area contributed by atoms with Crippen molar-refractivity contribution in [3.63, 3.8) is 0 Å². The Labute approximate surface area is 230 Å². The molecule has 2 aromatic rings. The van der Waals surface area contributed by atoms with E-state index in [0.29, 0.717) is 0 Å². The minimum Gasteiger partial charge on any atom is -1.00 e. The summed E-state index contributed by atoms with van der Waals surface area (Å²) in [5.74, 6) is 0. The molecule has 0 saturated carbocycles. The first kappa shape index (κ1) is 31.6. The third-order valence-corrected chi connectivity index (χ3v) is 12.0. The zero-order chi connectivity index (χ0) is 23.5. The summed E-state index contributed by atoms with van der Waals surface area (Å²) >= 11 is 0. The van der Waals surface area contributed by atoms with Crippen molar-refractivity contribution in [3.05, 3.63) is 60.7 Å². The number of hydrogen-bond acceptors (Lipinski definition) is 0. The van der Waals surface area contributed by atoms with Crippen molar-refractivity contribution in [3.8, 4) is 0 Å². The lowest BCUT2D eigenvalue weighted by molar-refractivity contribution is -0.00000701. The topological polar surface area (TPSA) is 0 Å². The fourth-order valence-corrected chi connectivity index (χ4v) is 9.80. The first-order valence-corrected chi connectivity index (χ1v) is 16.5. The second kappa shape index (κ2) is 20.8. The van der Waals surface area contributed by atoms with Crippen LogP contribution < -0.4 is 34.6 Å². The number of halogens is 1. The average Bonchev–Trinajstić information content (AvgIpc) is 2.87. The predicted octanol–water partition coefficient (Wildman–Crippen LogP) is 6.94. The van der Waals surface area contributed by atoms with Gasteiger partial charge in [-0.2, -0.15) is 0 Å². The van der Waals surface area contributed by atoms with Crippen LogP contribution in [-0.4, -0.2) is 12.3 Å². The molecule has 0 nitrogen and oxygen atoms in total. The van der Waals surface area contributed by atoms with E-state index in [4.69, 9.17) is 0 Å². The maximum atomic E-state index is 2.44. The van der Waals surface area contributed by atoms with Gasteiger partial charge in [-0.05, 0) is 49.9 Å². The lowest BCUT2D eigenvalue weighted by Gasteiger charge is -2.28. The van der Waals surface area contributed by atoms with Crippen LogP contribution in [0.3, 0.4) is 0 Å². The van der Waals surface area contributed by atoms with Gasteiger partial charge in [0.1, 0.15) is 0 Å². The lowest BCUT2D eigenvalue weighted by atomic mass is 10.1. The second-order valence-corrected chi connectivity index (χ2v) is 13.9. The van der Waals surface area contributed by atoms with Gasteiger partial charge in [0, 0.05) is 0 Å². The Hall–Kier alpha value is -0.400. The van der Waals surface area contributed by atoms with Crippen molar-refractivity contribution < 1.29 is 24.0 Å². The SMILES string of the molecule is CCCCCCCCCC[P+](CCCCCCCCCC)(c1ccccc1)c1ccccc1.[I-]. The standard InChI is InChI=1S/C32H52P.HI/c1-3-5-7-9-11-13-15-23-29-33(31-25-19-17-20-26-31,32-27-21-18-22-28-32)30-24-16-14-12-10-8-6-4-2;/h17-22,25-28H,3-16,23-24,29-30H2,1-2H3;1H/q+1;/p-1. The first-order chi connectivity index (χ1) is 16.3. The lowest BCUT2D eigenvalue weighted by Crippen LogP contribution is -3.00. The van der Waals surface area contributed by atoms with Crippen LogP contribution in [0.1, 0.15) is 117 Å². The molecule has 0 amide bonds. The highest BCUT2D eigenvalue weighted by molar-refractivity contribution is 7.89. The molecule has 0 aliphatic carbocycles. The van der Waals surface area contributed by atoms with E-state index < -0.39 is 7.26 Å². The molecule has 0 unspecified atom stereocenters. The Morgan fingerprint density at radius 3 is 1.03 bits per heavy atom. The van der Waals surface area contributed by atoms with E-state index >= 15 is 0 Å². The maximum Gasteiger partial charge on any atom is 0.0991 e.